The van der Waals surface area contributed by atoms with E-state index in [9.17, 15) is 4.79 Å². The second kappa shape index (κ2) is 10.1. The van der Waals surface area contributed by atoms with Crippen LogP contribution < -0.4 is 5.56 Å². The van der Waals surface area contributed by atoms with Gasteiger partial charge in [-0.05, 0) is 37.6 Å². The Balaban J connectivity index is 1.64. The zero-order chi connectivity index (χ0) is 21.6. The molecular weight excluding hydrogens is 424 g/mol. The van der Waals surface area contributed by atoms with E-state index >= 15 is 0 Å². The maximum Gasteiger partial charge on any atom is 0.282 e. The lowest BCUT2D eigenvalue weighted by Gasteiger charge is -2.02. The molecule has 2 heterocycles. The Bertz CT molecular complexity index is 1200. The molecular formula is C24H26N4OS2. The van der Waals surface area contributed by atoms with Crippen LogP contribution in [0.1, 0.15) is 43.0 Å². The lowest BCUT2D eigenvalue weighted by Crippen LogP contribution is -2.17. The van der Waals surface area contributed by atoms with Crippen molar-refractivity contribution in [2.75, 3.05) is 6.54 Å². The molecule has 0 atom stereocenters. The molecule has 7 heteroatoms. The molecule has 2 aromatic heterocycles. The first-order valence-electron chi connectivity index (χ1n) is 10.5. The standard InChI is InChI=1S/C24H26N4OS2/c1-3-4-7-14-25-15-19-21(16-30-18-12-10-17(2)11-13-18)27-28(23(19)29)24-26-20-8-5-6-9-22(20)31-24/h5-6,8-13,15,27H,3-4,7,14,16H2,1-2H3. The largest absolute Gasteiger partial charge is 0.292 e. The molecule has 4 rings (SSSR count). The average Bonchev–Trinajstić information content (AvgIpc) is 3.34. The molecule has 4 aromatic rings. The smallest absolute Gasteiger partial charge is 0.282 e. The van der Waals surface area contributed by atoms with Crippen molar-refractivity contribution in [1.29, 1.82) is 0 Å². The number of aryl methyl sites for hydroxylation is 1. The van der Waals surface area contributed by atoms with Gasteiger partial charge in [-0.1, -0.05) is 60.9 Å². The molecule has 0 radical (unpaired) electrons. The van der Waals surface area contributed by atoms with Gasteiger partial charge in [0, 0.05) is 23.4 Å². The van der Waals surface area contributed by atoms with Gasteiger partial charge in [0.15, 0.2) is 0 Å². The van der Waals surface area contributed by atoms with Gasteiger partial charge in [0.25, 0.3) is 5.56 Å². The molecule has 0 bridgehead atoms. The van der Waals surface area contributed by atoms with Crippen LogP contribution in [0.2, 0.25) is 0 Å². The lowest BCUT2D eigenvalue weighted by atomic mass is 10.2. The Morgan fingerprint density at radius 1 is 1.16 bits per heavy atom. The van der Waals surface area contributed by atoms with E-state index in [1.54, 1.807) is 22.7 Å². The van der Waals surface area contributed by atoms with Crippen molar-refractivity contribution in [2.24, 2.45) is 4.99 Å². The second-order valence-electron chi connectivity index (χ2n) is 7.45. The number of aromatic amines is 1. The minimum Gasteiger partial charge on any atom is -0.292 e. The SMILES string of the molecule is CCCCCN=Cc1c(CSc2ccc(C)cc2)[nH]n(-c2nc3ccccc3s2)c1=O. The van der Waals surface area contributed by atoms with E-state index in [1.807, 2.05) is 24.3 Å². The number of para-hydroxylation sites is 1. The fourth-order valence-electron chi connectivity index (χ4n) is 3.23. The van der Waals surface area contributed by atoms with E-state index < -0.39 is 0 Å². The summed E-state index contributed by atoms with van der Waals surface area (Å²) in [6, 6.07) is 16.4. The highest BCUT2D eigenvalue weighted by atomic mass is 32.2. The minimum absolute atomic E-state index is 0.0993. The predicted molar refractivity (Wildman–Crippen MR) is 132 cm³/mol. The summed E-state index contributed by atoms with van der Waals surface area (Å²) in [5, 5.41) is 3.95. The van der Waals surface area contributed by atoms with Crippen molar-refractivity contribution in [1.82, 2.24) is 14.8 Å². The molecule has 160 valence electrons. The number of H-pyrrole nitrogens is 1. The molecule has 0 saturated heterocycles. The van der Waals surface area contributed by atoms with Gasteiger partial charge in [-0.15, -0.1) is 11.8 Å². The topological polar surface area (TPSA) is 63.0 Å². The van der Waals surface area contributed by atoms with Crippen LogP contribution in [0.5, 0.6) is 0 Å². The fourth-order valence-corrected chi connectivity index (χ4v) is 5.01. The molecule has 0 aliphatic rings. The molecule has 5 nitrogen and oxygen atoms in total. The zero-order valence-electron chi connectivity index (χ0n) is 17.8. The third-order valence-electron chi connectivity index (χ3n) is 4.99. The van der Waals surface area contributed by atoms with E-state index in [2.05, 4.69) is 53.2 Å². The van der Waals surface area contributed by atoms with Crippen molar-refractivity contribution < 1.29 is 0 Å². The average molecular weight is 451 g/mol. The van der Waals surface area contributed by atoms with Crippen molar-refractivity contribution in [2.45, 2.75) is 43.8 Å². The molecule has 0 fully saturated rings. The van der Waals surface area contributed by atoms with Crippen LogP contribution in [0, 0.1) is 6.92 Å². The van der Waals surface area contributed by atoms with Crippen LogP contribution in [-0.2, 0) is 5.75 Å². The summed E-state index contributed by atoms with van der Waals surface area (Å²) in [4.78, 5) is 23.6. The van der Waals surface area contributed by atoms with Gasteiger partial charge < -0.3 is 0 Å². The van der Waals surface area contributed by atoms with Crippen LogP contribution in [0.15, 0.2) is 63.2 Å². The summed E-state index contributed by atoms with van der Waals surface area (Å²) in [5.74, 6) is 0.659. The molecule has 31 heavy (non-hydrogen) atoms. The van der Waals surface area contributed by atoms with Crippen LogP contribution in [0.25, 0.3) is 15.3 Å². The predicted octanol–water partition coefficient (Wildman–Crippen LogP) is 5.99. The number of thioether (sulfide) groups is 1. The molecule has 2 aromatic carbocycles. The van der Waals surface area contributed by atoms with Crippen molar-refractivity contribution in [3.8, 4) is 5.13 Å². The Labute approximate surface area is 190 Å². The Morgan fingerprint density at radius 2 is 1.97 bits per heavy atom. The first kappa shape index (κ1) is 21.6. The van der Waals surface area contributed by atoms with E-state index in [1.165, 1.54) is 21.8 Å². The normalized spacial score (nSPS) is 11.7. The van der Waals surface area contributed by atoms with Gasteiger partial charge in [-0.3, -0.25) is 14.9 Å². The lowest BCUT2D eigenvalue weighted by molar-refractivity contribution is 0.729. The van der Waals surface area contributed by atoms with Crippen molar-refractivity contribution in [3.05, 3.63) is 75.7 Å². The van der Waals surface area contributed by atoms with Crippen molar-refractivity contribution >= 4 is 39.5 Å². The van der Waals surface area contributed by atoms with Crippen LogP contribution in [0.3, 0.4) is 0 Å². The number of rotatable bonds is 9. The Kier molecular flexibility index (Phi) is 7.04. The van der Waals surface area contributed by atoms with Crippen LogP contribution >= 0.6 is 23.1 Å². The van der Waals surface area contributed by atoms with Crippen molar-refractivity contribution in [3.63, 3.8) is 0 Å². The highest BCUT2D eigenvalue weighted by molar-refractivity contribution is 7.98. The maximum absolute atomic E-state index is 13.2. The second-order valence-corrected chi connectivity index (χ2v) is 9.51. The van der Waals surface area contributed by atoms with Gasteiger partial charge >= 0.3 is 0 Å². The van der Waals surface area contributed by atoms with Crippen LogP contribution in [0.4, 0.5) is 0 Å². The zero-order valence-corrected chi connectivity index (χ0v) is 19.4. The van der Waals surface area contributed by atoms with Gasteiger partial charge in [0.1, 0.15) is 0 Å². The van der Waals surface area contributed by atoms with Crippen LogP contribution in [-0.4, -0.2) is 27.5 Å². The fraction of sp³-hybridized carbons (Fsp3) is 0.292. The van der Waals surface area contributed by atoms with E-state index in [-0.39, 0.29) is 5.56 Å². The molecule has 0 aliphatic carbocycles. The number of hydrogen-bond acceptors (Lipinski definition) is 5. The number of unbranched alkanes of at least 4 members (excludes halogenated alkanes) is 2. The number of fused-ring (bicyclic) bond motifs is 1. The van der Waals surface area contributed by atoms with Gasteiger partial charge in [-0.2, -0.15) is 4.68 Å². The molecule has 0 unspecified atom stereocenters. The number of aliphatic imine (C=N–C) groups is 1. The molecule has 0 saturated carbocycles. The van der Waals surface area contributed by atoms with E-state index in [4.69, 9.17) is 0 Å². The Morgan fingerprint density at radius 3 is 2.74 bits per heavy atom. The quantitative estimate of drug-likeness (QED) is 0.194. The summed E-state index contributed by atoms with van der Waals surface area (Å²) in [6.45, 7) is 4.99. The van der Waals surface area contributed by atoms with Gasteiger partial charge in [0.05, 0.1) is 21.5 Å². The summed E-state index contributed by atoms with van der Waals surface area (Å²) in [7, 11) is 0. The number of nitrogens with one attached hydrogen (secondary N) is 1. The number of nitrogens with zero attached hydrogens (tertiary/aromatic N) is 3. The molecule has 0 spiro atoms. The van der Waals surface area contributed by atoms with E-state index in [0.717, 1.165) is 41.7 Å². The summed E-state index contributed by atoms with van der Waals surface area (Å²) in [6.07, 6.45) is 5.08. The third-order valence-corrected chi connectivity index (χ3v) is 7.05. The number of benzene rings is 2. The molecule has 1 N–H and O–H groups in total. The highest BCUT2D eigenvalue weighted by Crippen LogP contribution is 2.26. The number of aromatic nitrogens is 3. The summed E-state index contributed by atoms with van der Waals surface area (Å²) >= 11 is 3.21. The number of hydrogen-bond donors (Lipinski definition) is 1. The molecule has 0 amide bonds. The van der Waals surface area contributed by atoms with E-state index in [0.29, 0.717) is 16.4 Å². The first-order chi connectivity index (χ1) is 15.2. The maximum atomic E-state index is 13.2. The Hall–Kier alpha value is -2.64. The highest BCUT2D eigenvalue weighted by Gasteiger charge is 2.16. The number of thiazole rings is 1. The molecule has 0 aliphatic heterocycles. The summed E-state index contributed by atoms with van der Waals surface area (Å²) in [5.41, 5.74) is 3.52. The van der Waals surface area contributed by atoms with Gasteiger partial charge in [-0.25, -0.2) is 4.98 Å². The summed E-state index contributed by atoms with van der Waals surface area (Å²) < 4.78 is 2.62. The first-order valence-corrected chi connectivity index (χ1v) is 12.3. The minimum atomic E-state index is -0.0993. The van der Waals surface area contributed by atoms with Gasteiger partial charge in [0.2, 0.25) is 5.13 Å². The monoisotopic (exact) mass is 450 g/mol. The third kappa shape index (κ3) is 5.17.